The number of carbonyl (C=O) groups excluding carboxylic acids is 1. The molecule has 3 nitrogen and oxygen atoms in total. The lowest BCUT2D eigenvalue weighted by atomic mass is 9.82. The van der Waals surface area contributed by atoms with Crippen LogP contribution in [-0.2, 0) is 6.18 Å². The summed E-state index contributed by atoms with van der Waals surface area (Å²) in [5.74, 6) is -0.390. The summed E-state index contributed by atoms with van der Waals surface area (Å²) in [5, 5.41) is 2.72. The van der Waals surface area contributed by atoms with Crippen molar-refractivity contribution in [1.29, 1.82) is 0 Å². The van der Waals surface area contributed by atoms with Crippen LogP contribution in [0.3, 0.4) is 0 Å². The number of nitrogens with two attached hydrogens (primary N) is 1. The Kier molecular flexibility index (Phi) is 6.26. The number of nitrogens with one attached hydrogen (secondary N) is 1. The fourth-order valence-electron chi connectivity index (χ4n) is 2.60. The van der Waals surface area contributed by atoms with Crippen LogP contribution in [0.2, 0.25) is 0 Å². The third-order valence-electron chi connectivity index (χ3n) is 3.92. The van der Waals surface area contributed by atoms with E-state index in [2.05, 4.69) is 5.32 Å². The van der Waals surface area contributed by atoms with Gasteiger partial charge in [-0.1, -0.05) is 19.3 Å². The molecule has 1 aromatic rings. The van der Waals surface area contributed by atoms with Gasteiger partial charge in [0.05, 0.1) is 5.56 Å². The first kappa shape index (κ1) is 18.8. The Balaban J connectivity index is 0.00000242. The van der Waals surface area contributed by atoms with E-state index in [1.807, 2.05) is 0 Å². The van der Waals surface area contributed by atoms with Crippen LogP contribution in [0.25, 0.3) is 0 Å². The number of amides is 1. The summed E-state index contributed by atoms with van der Waals surface area (Å²) in [4.78, 5) is 11.9. The number of alkyl halides is 3. The number of carbonyl (C=O) groups is 1. The van der Waals surface area contributed by atoms with Crippen molar-refractivity contribution in [2.75, 3.05) is 6.54 Å². The highest BCUT2D eigenvalue weighted by molar-refractivity contribution is 5.94. The maximum absolute atomic E-state index is 12.4. The van der Waals surface area contributed by atoms with Crippen molar-refractivity contribution in [3.8, 4) is 0 Å². The third kappa shape index (κ3) is 4.88. The van der Waals surface area contributed by atoms with E-state index < -0.39 is 11.7 Å². The lowest BCUT2D eigenvalue weighted by Crippen LogP contribution is -2.51. The van der Waals surface area contributed by atoms with Crippen LogP contribution >= 0.6 is 12.4 Å². The Morgan fingerprint density at radius 1 is 1.14 bits per heavy atom. The van der Waals surface area contributed by atoms with Crippen LogP contribution in [0.1, 0.15) is 48.0 Å². The Bertz CT molecular complexity index is 497. The molecular formula is C15H20ClF3N2O. The van der Waals surface area contributed by atoms with E-state index in [4.69, 9.17) is 5.73 Å². The topological polar surface area (TPSA) is 55.1 Å². The molecule has 1 saturated carbocycles. The first-order chi connectivity index (χ1) is 9.80. The Labute approximate surface area is 133 Å². The maximum atomic E-state index is 12.4. The Morgan fingerprint density at radius 2 is 1.68 bits per heavy atom. The quantitative estimate of drug-likeness (QED) is 0.887. The monoisotopic (exact) mass is 336 g/mol. The molecule has 0 unspecified atom stereocenters. The van der Waals surface area contributed by atoms with Gasteiger partial charge in [0.25, 0.3) is 5.91 Å². The number of hydrogen-bond donors (Lipinski definition) is 2. The van der Waals surface area contributed by atoms with Gasteiger partial charge in [-0.3, -0.25) is 4.79 Å². The van der Waals surface area contributed by atoms with Crippen molar-refractivity contribution >= 4 is 18.3 Å². The van der Waals surface area contributed by atoms with E-state index in [0.717, 1.165) is 44.2 Å². The number of rotatable bonds is 3. The summed E-state index contributed by atoms with van der Waals surface area (Å²) in [5.41, 5.74) is 5.26. The standard InChI is InChI=1S/C15H19F3N2O.ClH/c16-15(17,18)12-6-4-11(5-7-12)13(21)20-10-14(19)8-2-1-3-9-14;/h4-7H,1-3,8-10,19H2,(H,20,21);1H. The minimum atomic E-state index is -4.39. The first-order valence-electron chi connectivity index (χ1n) is 7.05. The summed E-state index contributed by atoms with van der Waals surface area (Å²) in [7, 11) is 0. The molecule has 0 aromatic heterocycles. The second-order valence-electron chi connectivity index (χ2n) is 5.68. The van der Waals surface area contributed by atoms with E-state index in [9.17, 15) is 18.0 Å². The second-order valence-corrected chi connectivity index (χ2v) is 5.68. The molecule has 0 spiro atoms. The minimum Gasteiger partial charge on any atom is -0.350 e. The normalized spacial score (nSPS) is 17.5. The molecule has 0 saturated heterocycles. The lowest BCUT2D eigenvalue weighted by Gasteiger charge is -2.33. The highest BCUT2D eigenvalue weighted by Gasteiger charge is 2.30. The van der Waals surface area contributed by atoms with Gasteiger partial charge in [0.1, 0.15) is 0 Å². The van der Waals surface area contributed by atoms with Crippen LogP contribution in [0, 0.1) is 0 Å². The second kappa shape index (κ2) is 7.33. The molecule has 7 heteroatoms. The minimum absolute atomic E-state index is 0. The van der Waals surface area contributed by atoms with Gasteiger partial charge < -0.3 is 11.1 Å². The van der Waals surface area contributed by atoms with Gasteiger partial charge in [-0.05, 0) is 37.1 Å². The summed E-state index contributed by atoms with van der Waals surface area (Å²) in [6.07, 6.45) is 0.587. The van der Waals surface area contributed by atoms with Crippen LogP contribution in [0.4, 0.5) is 13.2 Å². The van der Waals surface area contributed by atoms with Gasteiger partial charge in [0.2, 0.25) is 0 Å². The van der Waals surface area contributed by atoms with Crippen LogP contribution in [-0.4, -0.2) is 18.0 Å². The summed E-state index contributed by atoms with van der Waals surface area (Å²) in [6.45, 7) is 0.354. The van der Waals surface area contributed by atoms with Gasteiger partial charge in [-0.2, -0.15) is 13.2 Å². The molecule has 0 bridgehead atoms. The van der Waals surface area contributed by atoms with Gasteiger partial charge in [-0.25, -0.2) is 0 Å². The van der Waals surface area contributed by atoms with Gasteiger partial charge in [0, 0.05) is 17.6 Å². The highest BCUT2D eigenvalue weighted by atomic mass is 35.5. The third-order valence-corrected chi connectivity index (χ3v) is 3.92. The fraction of sp³-hybridized carbons (Fsp3) is 0.533. The molecule has 1 fully saturated rings. The molecule has 1 aliphatic rings. The summed E-state index contributed by atoms with van der Waals surface area (Å²) >= 11 is 0. The zero-order chi connectivity index (χ0) is 15.5. The van der Waals surface area contributed by atoms with Crippen molar-refractivity contribution < 1.29 is 18.0 Å². The molecule has 0 radical (unpaired) electrons. The van der Waals surface area contributed by atoms with Gasteiger partial charge in [-0.15, -0.1) is 12.4 Å². The molecule has 0 aliphatic heterocycles. The number of halogens is 4. The van der Waals surface area contributed by atoms with Crippen molar-refractivity contribution in [2.45, 2.75) is 43.8 Å². The average molecular weight is 337 g/mol. The zero-order valence-corrected chi connectivity index (χ0v) is 12.9. The first-order valence-corrected chi connectivity index (χ1v) is 7.05. The molecule has 0 atom stereocenters. The average Bonchev–Trinajstić information content (AvgIpc) is 2.45. The fourth-order valence-corrected chi connectivity index (χ4v) is 2.60. The lowest BCUT2D eigenvalue weighted by molar-refractivity contribution is -0.137. The Hall–Kier alpha value is -1.27. The predicted octanol–water partition coefficient (Wildman–Crippen LogP) is 3.52. The highest BCUT2D eigenvalue weighted by Crippen LogP contribution is 2.29. The van der Waals surface area contributed by atoms with E-state index in [1.165, 1.54) is 12.1 Å². The maximum Gasteiger partial charge on any atom is 0.416 e. The van der Waals surface area contributed by atoms with Crippen LogP contribution in [0.15, 0.2) is 24.3 Å². The van der Waals surface area contributed by atoms with Crippen LogP contribution < -0.4 is 11.1 Å². The van der Waals surface area contributed by atoms with Crippen molar-refractivity contribution in [3.63, 3.8) is 0 Å². The molecule has 124 valence electrons. The smallest absolute Gasteiger partial charge is 0.350 e. The van der Waals surface area contributed by atoms with Crippen molar-refractivity contribution in [1.82, 2.24) is 5.32 Å². The van der Waals surface area contributed by atoms with Crippen molar-refractivity contribution in [3.05, 3.63) is 35.4 Å². The molecule has 1 amide bonds. The molecule has 22 heavy (non-hydrogen) atoms. The van der Waals surface area contributed by atoms with Gasteiger partial charge in [0.15, 0.2) is 0 Å². The molecule has 1 aromatic carbocycles. The predicted molar refractivity (Wildman–Crippen MR) is 81.0 cm³/mol. The Morgan fingerprint density at radius 3 is 2.18 bits per heavy atom. The molecule has 0 heterocycles. The van der Waals surface area contributed by atoms with E-state index in [1.54, 1.807) is 0 Å². The van der Waals surface area contributed by atoms with E-state index in [0.29, 0.717) is 6.54 Å². The molecule has 3 N–H and O–H groups in total. The molecule has 2 rings (SSSR count). The summed E-state index contributed by atoms with van der Waals surface area (Å²) in [6, 6.07) is 4.19. The van der Waals surface area contributed by atoms with E-state index >= 15 is 0 Å². The zero-order valence-electron chi connectivity index (χ0n) is 12.1. The largest absolute Gasteiger partial charge is 0.416 e. The van der Waals surface area contributed by atoms with Gasteiger partial charge >= 0.3 is 6.18 Å². The number of benzene rings is 1. The van der Waals surface area contributed by atoms with Crippen molar-refractivity contribution in [2.24, 2.45) is 5.73 Å². The van der Waals surface area contributed by atoms with Crippen LogP contribution in [0.5, 0.6) is 0 Å². The molecular weight excluding hydrogens is 317 g/mol. The summed E-state index contributed by atoms with van der Waals surface area (Å²) < 4.78 is 37.3. The number of hydrogen-bond acceptors (Lipinski definition) is 2. The van der Waals surface area contributed by atoms with E-state index in [-0.39, 0.29) is 29.4 Å². The molecule has 1 aliphatic carbocycles. The SMILES string of the molecule is Cl.NC1(CNC(=O)c2ccc(C(F)(F)F)cc2)CCCCC1.